The second kappa shape index (κ2) is 17.8. The summed E-state index contributed by atoms with van der Waals surface area (Å²) in [4.78, 5) is 12.8. The second-order valence-corrected chi connectivity index (χ2v) is 13.4. The van der Waals surface area contributed by atoms with Crippen molar-refractivity contribution in [1.29, 1.82) is 0 Å². The molecule has 2 heterocycles. The zero-order chi connectivity index (χ0) is 29.6. The molecule has 0 aromatic carbocycles. The van der Waals surface area contributed by atoms with E-state index in [1.807, 2.05) is 0 Å². The molecule has 1 saturated carbocycles. The summed E-state index contributed by atoms with van der Waals surface area (Å²) in [7, 11) is 1.74. The van der Waals surface area contributed by atoms with Gasteiger partial charge in [0.2, 0.25) is 0 Å². The average Bonchev–Trinajstić information content (AvgIpc) is 3.87. The predicted molar refractivity (Wildman–Crippen MR) is 168 cm³/mol. The van der Waals surface area contributed by atoms with Crippen molar-refractivity contribution in [2.24, 2.45) is 5.92 Å². The van der Waals surface area contributed by atoms with Gasteiger partial charge in [0.25, 0.3) is 0 Å². The van der Waals surface area contributed by atoms with Crippen LogP contribution >= 0.6 is 0 Å². The molecule has 3 rings (SSSR count). The van der Waals surface area contributed by atoms with Crippen LogP contribution in [0, 0.1) is 5.92 Å². The number of epoxide rings is 2. The smallest absolute Gasteiger partial charge is 0.306 e. The molecule has 0 aromatic rings. The van der Waals surface area contributed by atoms with E-state index in [0.717, 1.165) is 38.7 Å². The van der Waals surface area contributed by atoms with Crippen LogP contribution in [0.4, 0.5) is 0 Å². The van der Waals surface area contributed by atoms with Crippen molar-refractivity contribution in [2.75, 3.05) is 13.7 Å². The lowest BCUT2D eigenvalue weighted by Gasteiger charge is -2.42. The normalized spacial score (nSPS) is 30.6. The van der Waals surface area contributed by atoms with Crippen molar-refractivity contribution in [3.8, 4) is 0 Å². The lowest BCUT2D eigenvalue weighted by atomic mass is 9.68. The molecule has 0 aromatic heterocycles. The Labute approximate surface area is 252 Å². The van der Waals surface area contributed by atoms with Crippen LogP contribution in [0.5, 0.6) is 0 Å². The van der Waals surface area contributed by atoms with Gasteiger partial charge in [-0.2, -0.15) is 0 Å². The summed E-state index contributed by atoms with van der Waals surface area (Å²) in [5.41, 5.74) is 0.831. The Kier molecular flexibility index (Phi) is 14.9. The summed E-state index contributed by atoms with van der Waals surface area (Å²) in [6.07, 6.45) is 29.0. The maximum absolute atomic E-state index is 12.8. The van der Waals surface area contributed by atoms with Gasteiger partial charge in [-0.05, 0) is 72.1 Å². The summed E-state index contributed by atoms with van der Waals surface area (Å²) in [5.74, 6) is -0.00759. The van der Waals surface area contributed by atoms with Crippen molar-refractivity contribution < 1.29 is 23.7 Å². The Hall–Kier alpha value is -1.17. The molecule has 0 amide bonds. The quantitative estimate of drug-likeness (QED) is 0.0558. The van der Waals surface area contributed by atoms with Crippen LogP contribution in [-0.4, -0.2) is 49.2 Å². The Morgan fingerprint density at radius 1 is 0.902 bits per heavy atom. The number of unbranched alkanes of at least 4 members (excludes halogenated alkanes) is 13. The lowest BCUT2D eigenvalue weighted by Crippen LogP contribution is -2.55. The van der Waals surface area contributed by atoms with E-state index in [-0.39, 0.29) is 41.4 Å². The van der Waals surface area contributed by atoms with E-state index in [0.29, 0.717) is 6.42 Å². The van der Waals surface area contributed by atoms with E-state index in [1.165, 1.54) is 89.0 Å². The standard InChI is InChI=1S/C36H62O5/c1-6-7-8-9-10-11-12-13-14-15-16-17-18-19-20-21-22-23-32(37)40-30-26-27-36(28-39-36)34(33(30)38-5)35(4)31(41-35)25-24-29(2)3/h15-16,24,30-31,33-34H,6-14,17-23,25-28H2,1-5H3/b16-15-/t30-,31-,33-,34-,35+,36+/m1/s1. The Morgan fingerprint density at radius 2 is 1.49 bits per heavy atom. The molecule has 0 bridgehead atoms. The number of hydrogen-bond donors (Lipinski definition) is 0. The van der Waals surface area contributed by atoms with Crippen molar-refractivity contribution in [3.63, 3.8) is 0 Å². The van der Waals surface area contributed by atoms with Crippen molar-refractivity contribution in [1.82, 2.24) is 0 Å². The maximum Gasteiger partial charge on any atom is 0.306 e. The number of ether oxygens (including phenoxy) is 4. The SMILES string of the molecule is CCCCCCCCCC/C=C\CCCCCCCC(=O)O[C@@H]1CC[C@]2(CO2)[C@@H]([C@@]2(C)O[C@@H]2CC=C(C)C)[C@@H]1OC. The van der Waals surface area contributed by atoms with Crippen LogP contribution in [0.3, 0.4) is 0 Å². The topological polar surface area (TPSA) is 60.6 Å². The number of rotatable bonds is 22. The highest BCUT2D eigenvalue weighted by molar-refractivity contribution is 5.69. The first-order valence-corrected chi connectivity index (χ1v) is 17.2. The third kappa shape index (κ3) is 11.1. The lowest BCUT2D eigenvalue weighted by molar-refractivity contribution is -0.172. The number of esters is 1. The highest BCUT2D eigenvalue weighted by atomic mass is 16.6. The molecule has 0 unspecified atom stereocenters. The van der Waals surface area contributed by atoms with Crippen LogP contribution < -0.4 is 0 Å². The molecule has 3 fully saturated rings. The van der Waals surface area contributed by atoms with Crippen LogP contribution in [0.2, 0.25) is 0 Å². The van der Waals surface area contributed by atoms with E-state index in [9.17, 15) is 4.79 Å². The van der Waals surface area contributed by atoms with Crippen molar-refractivity contribution in [2.45, 2.75) is 179 Å². The number of methoxy groups -OCH3 is 1. The van der Waals surface area contributed by atoms with Crippen LogP contribution in [0.25, 0.3) is 0 Å². The molecule has 5 heteroatoms. The van der Waals surface area contributed by atoms with Gasteiger partial charge in [-0.25, -0.2) is 0 Å². The first-order chi connectivity index (χ1) is 19.9. The zero-order valence-electron chi connectivity index (χ0n) is 27.2. The third-order valence-corrected chi connectivity index (χ3v) is 9.66. The Bertz CT molecular complexity index is 811. The van der Waals surface area contributed by atoms with E-state index in [1.54, 1.807) is 7.11 Å². The minimum Gasteiger partial charge on any atom is -0.460 e. The molecule has 2 saturated heterocycles. The Morgan fingerprint density at radius 3 is 2.05 bits per heavy atom. The monoisotopic (exact) mass is 574 g/mol. The molecule has 3 aliphatic rings. The second-order valence-electron chi connectivity index (χ2n) is 13.4. The van der Waals surface area contributed by atoms with Crippen molar-refractivity contribution in [3.05, 3.63) is 23.8 Å². The minimum atomic E-state index is -0.295. The first-order valence-electron chi connectivity index (χ1n) is 17.2. The highest BCUT2D eigenvalue weighted by Gasteiger charge is 2.72. The van der Waals surface area contributed by atoms with Crippen LogP contribution in [0.1, 0.15) is 150 Å². The predicted octanol–water partition coefficient (Wildman–Crippen LogP) is 9.42. The Balaban J connectivity index is 1.24. The van der Waals surface area contributed by atoms with Gasteiger partial charge < -0.3 is 18.9 Å². The van der Waals surface area contributed by atoms with Crippen LogP contribution in [-0.2, 0) is 23.7 Å². The molecule has 0 N–H and O–H groups in total. The van der Waals surface area contributed by atoms with Gasteiger partial charge in [-0.15, -0.1) is 0 Å². The van der Waals surface area contributed by atoms with E-state index in [2.05, 4.69) is 45.9 Å². The number of carbonyl (C=O) groups is 1. The van der Waals surface area contributed by atoms with E-state index in [4.69, 9.17) is 18.9 Å². The molecule has 236 valence electrons. The minimum absolute atomic E-state index is 0.0801. The molecular weight excluding hydrogens is 512 g/mol. The first kappa shape index (κ1) is 34.3. The van der Waals surface area contributed by atoms with Gasteiger partial charge in [0.15, 0.2) is 0 Å². The summed E-state index contributed by atoms with van der Waals surface area (Å²) in [5, 5.41) is 0. The molecule has 1 aliphatic carbocycles. The largest absolute Gasteiger partial charge is 0.460 e. The molecular formula is C36H62O5. The zero-order valence-corrected chi connectivity index (χ0v) is 27.2. The molecule has 41 heavy (non-hydrogen) atoms. The summed E-state index contributed by atoms with van der Waals surface area (Å²) in [6, 6.07) is 0. The maximum atomic E-state index is 12.8. The number of allylic oxidation sites excluding steroid dienone is 3. The summed E-state index contributed by atoms with van der Waals surface area (Å²) in [6.45, 7) is 9.46. The summed E-state index contributed by atoms with van der Waals surface area (Å²) >= 11 is 0. The van der Waals surface area contributed by atoms with E-state index < -0.39 is 0 Å². The number of carbonyl (C=O) groups excluding carboxylic acids is 1. The number of hydrogen-bond acceptors (Lipinski definition) is 5. The van der Waals surface area contributed by atoms with Gasteiger partial charge in [0.05, 0.1) is 18.6 Å². The van der Waals surface area contributed by atoms with Gasteiger partial charge in [0.1, 0.15) is 23.4 Å². The average molecular weight is 575 g/mol. The van der Waals surface area contributed by atoms with Crippen LogP contribution in [0.15, 0.2) is 23.8 Å². The molecule has 1 spiro atoms. The van der Waals surface area contributed by atoms with Gasteiger partial charge in [0, 0.05) is 13.5 Å². The van der Waals surface area contributed by atoms with E-state index >= 15 is 0 Å². The van der Waals surface area contributed by atoms with Gasteiger partial charge in [-0.1, -0.05) is 94.9 Å². The van der Waals surface area contributed by atoms with Gasteiger partial charge >= 0.3 is 5.97 Å². The molecule has 6 atom stereocenters. The third-order valence-electron chi connectivity index (χ3n) is 9.66. The molecule has 5 nitrogen and oxygen atoms in total. The fraction of sp³-hybridized carbons (Fsp3) is 0.861. The molecule has 0 radical (unpaired) electrons. The highest BCUT2D eigenvalue weighted by Crippen LogP contribution is 2.59. The fourth-order valence-corrected chi connectivity index (χ4v) is 6.99. The van der Waals surface area contributed by atoms with Crippen molar-refractivity contribution >= 4 is 5.97 Å². The fourth-order valence-electron chi connectivity index (χ4n) is 6.99. The van der Waals surface area contributed by atoms with Gasteiger partial charge in [-0.3, -0.25) is 4.79 Å². The summed E-state index contributed by atoms with van der Waals surface area (Å²) < 4.78 is 24.3. The molecule has 2 aliphatic heterocycles.